The van der Waals surface area contributed by atoms with Crippen LogP contribution in [0.1, 0.15) is 84.9 Å². The van der Waals surface area contributed by atoms with Crippen LogP contribution in [-0.4, -0.2) is 48.6 Å². The number of hydrogen-bond donors (Lipinski definition) is 2. The second-order valence-electron chi connectivity index (χ2n) is 13.8. The second kappa shape index (κ2) is 23.0. The lowest BCUT2D eigenvalue weighted by Crippen LogP contribution is -2.49. The normalized spacial score (nSPS) is 12.2. The van der Waals surface area contributed by atoms with Crippen molar-refractivity contribution in [3.8, 4) is 17.1 Å². The van der Waals surface area contributed by atoms with Crippen LogP contribution in [0.25, 0.3) is 11.3 Å². The highest BCUT2D eigenvalue weighted by Crippen LogP contribution is 2.50. The number of amides is 3. The number of furan rings is 1. The van der Waals surface area contributed by atoms with Gasteiger partial charge in [0.1, 0.15) is 11.5 Å². The maximum atomic E-state index is 14.7. The maximum Gasteiger partial charge on any atom is 0.363 e. The zero-order chi connectivity index (χ0) is 42.7. The Hall–Kier alpha value is -6.01. The molecule has 13 nitrogen and oxygen atoms in total. The number of carbonyl (C=O) groups is 4. The van der Waals surface area contributed by atoms with Gasteiger partial charge in [-0.1, -0.05) is 112 Å². The van der Waals surface area contributed by atoms with E-state index in [1.54, 1.807) is 61.5 Å². The fraction of sp³-hybridized carbons (Fsp3) is 0.304. The van der Waals surface area contributed by atoms with Crippen molar-refractivity contribution in [3.63, 3.8) is 0 Å². The first kappa shape index (κ1) is 45.1. The van der Waals surface area contributed by atoms with Crippen LogP contribution in [0.3, 0.4) is 0 Å². The fourth-order valence-corrected chi connectivity index (χ4v) is 8.07. The predicted molar refractivity (Wildman–Crippen MR) is 227 cm³/mol. The number of benzene rings is 4. The summed E-state index contributed by atoms with van der Waals surface area (Å²) in [5, 5.41) is 6.55. The van der Waals surface area contributed by atoms with Crippen molar-refractivity contribution in [2.75, 3.05) is 13.3 Å². The van der Waals surface area contributed by atoms with Crippen LogP contribution < -0.4 is 20.7 Å². The van der Waals surface area contributed by atoms with Crippen LogP contribution in [0.4, 0.5) is 0 Å². The van der Waals surface area contributed by atoms with E-state index >= 15 is 0 Å². The van der Waals surface area contributed by atoms with Crippen molar-refractivity contribution in [1.82, 2.24) is 15.7 Å². The molecule has 0 aliphatic rings. The molecule has 0 aliphatic heterocycles. The average Bonchev–Trinajstić information content (AvgIpc) is 3.79. The first-order valence-corrected chi connectivity index (χ1v) is 21.6. The molecule has 60 heavy (non-hydrogen) atoms. The third kappa shape index (κ3) is 12.7. The van der Waals surface area contributed by atoms with Gasteiger partial charge in [0.25, 0.3) is 5.91 Å². The summed E-state index contributed by atoms with van der Waals surface area (Å²) >= 11 is 0. The highest BCUT2D eigenvalue weighted by molar-refractivity contribution is 7.62. The van der Waals surface area contributed by atoms with E-state index in [4.69, 9.17) is 23.0 Å². The van der Waals surface area contributed by atoms with E-state index in [0.717, 1.165) is 29.0 Å². The molecule has 0 saturated heterocycles. The Morgan fingerprint density at radius 2 is 1.42 bits per heavy atom. The molecule has 0 radical (unpaired) electrons. The summed E-state index contributed by atoms with van der Waals surface area (Å²) in [5.41, 5.74) is 2.34. The lowest BCUT2D eigenvalue weighted by atomic mass is 9.90. The molecule has 5 rings (SSSR count). The number of hydroxylamine groups is 2. The first-order valence-electron chi connectivity index (χ1n) is 20.1. The lowest BCUT2D eigenvalue weighted by Gasteiger charge is -2.31. The molecular formula is C46H52N3O10P. The highest BCUT2D eigenvalue weighted by Gasteiger charge is 2.34. The van der Waals surface area contributed by atoms with Gasteiger partial charge in [-0.3, -0.25) is 18.9 Å². The second-order valence-corrected chi connectivity index (χ2v) is 15.9. The molecule has 0 aliphatic carbocycles. The lowest BCUT2D eigenvalue weighted by molar-refractivity contribution is -0.171. The molecule has 316 valence electrons. The summed E-state index contributed by atoms with van der Waals surface area (Å²) in [6, 6.07) is 34.2. The molecular weight excluding hydrogens is 785 g/mol. The minimum absolute atomic E-state index is 0.0261. The standard InChI is InChI=1S/C46H52N3O10P/c1-4-7-11-24-40(41(5-2)49(33-50)59-46(53)36-22-16-10-17-23-36)44(51)47-32-48-45(52)43-26-25-42(58-43)37-27-38(55-6-3)29-39(28-37)60(54,56-30-34-18-12-8-13-19-34)57-31-35-20-14-9-15-21-35/h8-10,12-23,25-29,33,40-41H,4-7,11,24,30-32H2,1-3H3,(H,47,51)(H,48,52)/t40-,41-/m1/s1. The summed E-state index contributed by atoms with van der Waals surface area (Å²) < 4.78 is 38.7. The predicted octanol–water partition coefficient (Wildman–Crippen LogP) is 8.61. The zero-order valence-corrected chi connectivity index (χ0v) is 35.0. The Kier molecular flexibility index (Phi) is 17.2. The largest absolute Gasteiger partial charge is 0.494 e. The minimum Gasteiger partial charge on any atom is -0.494 e. The van der Waals surface area contributed by atoms with Gasteiger partial charge in [0.2, 0.25) is 12.3 Å². The van der Waals surface area contributed by atoms with Gasteiger partial charge in [-0.2, -0.15) is 5.06 Å². The van der Waals surface area contributed by atoms with Gasteiger partial charge in [-0.15, -0.1) is 0 Å². The Morgan fingerprint density at radius 1 is 0.783 bits per heavy atom. The summed E-state index contributed by atoms with van der Waals surface area (Å²) in [7, 11) is -3.98. The number of hydrogen-bond acceptors (Lipinski definition) is 10. The smallest absolute Gasteiger partial charge is 0.363 e. The number of nitrogens with zero attached hydrogens (tertiary/aromatic N) is 1. The molecule has 0 spiro atoms. The SMILES string of the molecule is CCCCC[C@@H](C(=O)NCNC(=O)c1ccc(-c2cc(OCC)cc(P(=O)(OCc3ccccc3)OCc3ccccc3)c2)o1)[C@@H](CC)N(C=O)OC(=O)c1ccccc1. The van der Waals surface area contributed by atoms with Crippen LogP contribution in [0.5, 0.6) is 5.75 Å². The minimum atomic E-state index is -3.98. The van der Waals surface area contributed by atoms with Crippen molar-refractivity contribution in [1.29, 1.82) is 0 Å². The van der Waals surface area contributed by atoms with Gasteiger partial charge in [0.15, 0.2) is 5.76 Å². The van der Waals surface area contributed by atoms with Crippen LogP contribution in [0, 0.1) is 5.92 Å². The maximum absolute atomic E-state index is 14.7. The monoisotopic (exact) mass is 837 g/mol. The third-order valence-electron chi connectivity index (χ3n) is 9.60. The van der Waals surface area contributed by atoms with Crippen LogP contribution in [-0.2, 0) is 41.3 Å². The van der Waals surface area contributed by atoms with E-state index in [0.29, 0.717) is 43.6 Å². The van der Waals surface area contributed by atoms with Gasteiger partial charge in [-0.25, -0.2) is 4.79 Å². The van der Waals surface area contributed by atoms with Crippen molar-refractivity contribution < 1.29 is 46.8 Å². The molecule has 2 atom stereocenters. The van der Waals surface area contributed by atoms with Gasteiger partial charge in [0, 0.05) is 5.56 Å². The van der Waals surface area contributed by atoms with Crippen molar-refractivity contribution in [2.24, 2.45) is 5.92 Å². The van der Waals surface area contributed by atoms with Gasteiger partial charge in [0.05, 0.1) is 49.3 Å². The summed E-state index contributed by atoms with van der Waals surface area (Å²) in [5.74, 6) is -1.85. The Bertz CT molecular complexity index is 2130. The molecule has 1 aromatic heterocycles. The van der Waals surface area contributed by atoms with Crippen LogP contribution in [0.15, 0.2) is 126 Å². The van der Waals surface area contributed by atoms with Crippen LogP contribution in [0.2, 0.25) is 0 Å². The molecule has 0 fully saturated rings. The Balaban J connectivity index is 1.29. The molecule has 0 bridgehead atoms. The molecule has 14 heteroatoms. The molecule has 0 unspecified atom stereocenters. The van der Waals surface area contributed by atoms with Crippen molar-refractivity contribution in [2.45, 2.75) is 72.1 Å². The van der Waals surface area contributed by atoms with Gasteiger partial charge in [-0.05, 0) is 73.4 Å². The third-order valence-corrected chi connectivity index (χ3v) is 11.4. The highest BCUT2D eigenvalue weighted by atomic mass is 31.2. The van der Waals surface area contributed by atoms with Gasteiger partial charge < -0.3 is 33.7 Å². The van der Waals surface area contributed by atoms with E-state index in [1.807, 2.05) is 74.5 Å². The summed E-state index contributed by atoms with van der Waals surface area (Å²) in [6.07, 6.45) is 3.63. The van der Waals surface area contributed by atoms with Crippen LogP contribution >= 0.6 is 7.60 Å². The van der Waals surface area contributed by atoms with Gasteiger partial charge >= 0.3 is 13.6 Å². The molecule has 1 heterocycles. The van der Waals surface area contributed by atoms with E-state index in [-0.39, 0.29) is 42.3 Å². The average molecular weight is 838 g/mol. The molecule has 0 saturated carbocycles. The van der Waals surface area contributed by atoms with E-state index in [9.17, 15) is 23.7 Å². The molecule has 2 N–H and O–H groups in total. The number of nitrogens with one attached hydrogen (secondary N) is 2. The molecule has 4 aromatic carbocycles. The molecule has 5 aromatic rings. The summed E-state index contributed by atoms with van der Waals surface area (Å²) in [4.78, 5) is 57.4. The van der Waals surface area contributed by atoms with E-state index in [2.05, 4.69) is 10.6 Å². The summed E-state index contributed by atoms with van der Waals surface area (Å²) in [6.45, 7) is 5.80. The van der Waals surface area contributed by atoms with E-state index < -0.39 is 37.3 Å². The van der Waals surface area contributed by atoms with E-state index in [1.165, 1.54) is 6.07 Å². The number of unbranched alkanes of at least 4 members (excludes halogenated alkanes) is 2. The fourth-order valence-electron chi connectivity index (χ4n) is 6.48. The number of ether oxygens (including phenoxy) is 1. The van der Waals surface area contributed by atoms with Crippen molar-refractivity contribution in [3.05, 3.63) is 144 Å². The zero-order valence-electron chi connectivity index (χ0n) is 34.1. The number of carbonyl (C=O) groups excluding carboxylic acids is 4. The Labute approximate surface area is 350 Å². The number of rotatable bonds is 24. The topological polar surface area (TPSA) is 163 Å². The van der Waals surface area contributed by atoms with Crippen molar-refractivity contribution >= 4 is 37.1 Å². The Morgan fingerprint density at radius 3 is 2.00 bits per heavy atom. The quantitative estimate of drug-likeness (QED) is 0.0202. The first-order chi connectivity index (χ1) is 29.2. The molecule has 3 amide bonds.